The van der Waals surface area contributed by atoms with Crippen LogP contribution in [0.3, 0.4) is 0 Å². The monoisotopic (exact) mass is 388 g/mol. The van der Waals surface area contributed by atoms with Crippen LogP contribution in [0.1, 0.15) is 59.2 Å². The van der Waals surface area contributed by atoms with Crippen molar-refractivity contribution >= 4 is 33.9 Å². The third-order valence-electron chi connectivity index (χ3n) is 4.50. The number of anilines is 1. The molecule has 142 valence electrons. The van der Waals surface area contributed by atoms with Crippen molar-refractivity contribution in [2.45, 2.75) is 45.6 Å². The summed E-state index contributed by atoms with van der Waals surface area (Å²) in [6.45, 7) is 3.08. The van der Waals surface area contributed by atoms with Gasteiger partial charge >= 0.3 is 5.97 Å². The van der Waals surface area contributed by atoms with E-state index >= 15 is 0 Å². The number of nitro benzene ring substituents is 1. The molecule has 0 bridgehead atoms. The number of nitrogens with one attached hydrogen (secondary N) is 1. The molecule has 0 saturated carbocycles. The fraction of sp³-hybridized carbons (Fsp3) is 0.368. The number of carbonyl (C=O) groups is 2. The summed E-state index contributed by atoms with van der Waals surface area (Å²) in [6, 6.07) is 6.04. The maximum absolute atomic E-state index is 12.9. The zero-order valence-corrected chi connectivity index (χ0v) is 15.9. The number of fused-ring (bicyclic) bond motifs is 1. The Hall–Kier alpha value is -2.74. The Kier molecular flexibility index (Phi) is 5.55. The lowest BCUT2D eigenvalue weighted by atomic mass is 9.95. The molecule has 2 aromatic rings. The highest BCUT2D eigenvalue weighted by atomic mass is 32.1. The van der Waals surface area contributed by atoms with Gasteiger partial charge in [0.2, 0.25) is 5.91 Å². The van der Waals surface area contributed by atoms with Gasteiger partial charge < -0.3 is 10.1 Å². The van der Waals surface area contributed by atoms with E-state index in [-0.39, 0.29) is 11.6 Å². The van der Waals surface area contributed by atoms with Gasteiger partial charge in [0.15, 0.2) is 0 Å². The molecule has 1 aromatic carbocycles. The number of nitrogens with zero attached hydrogens (tertiary/aromatic N) is 1. The van der Waals surface area contributed by atoms with Crippen LogP contribution in [0.2, 0.25) is 0 Å². The molecule has 1 aliphatic rings. The van der Waals surface area contributed by atoms with Crippen LogP contribution < -0.4 is 5.32 Å². The summed E-state index contributed by atoms with van der Waals surface area (Å²) in [5.74, 6) is -0.758. The fourth-order valence-corrected chi connectivity index (χ4v) is 4.53. The fourth-order valence-electron chi connectivity index (χ4n) is 3.21. The van der Waals surface area contributed by atoms with Crippen LogP contribution in [-0.4, -0.2) is 16.8 Å². The van der Waals surface area contributed by atoms with E-state index in [2.05, 4.69) is 5.32 Å². The number of benzene rings is 1. The molecule has 1 N–H and O–H groups in total. The summed E-state index contributed by atoms with van der Waals surface area (Å²) in [5, 5.41) is 14.2. The zero-order chi connectivity index (χ0) is 19.6. The van der Waals surface area contributed by atoms with E-state index in [0.717, 1.165) is 36.1 Å². The number of non-ortho nitro benzene ring substituents is 1. The Labute approximate surface area is 160 Å². The standard InChI is InChI=1S/C19H20N2O5S/c1-11(13-6-5-7-14(10-13)21(24)25)26-19(23)17-15-8-3-4-9-16(15)27-18(17)20-12(2)22/h5-7,10-11H,3-4,8-9H2,1-2H3,(H,20,22). The van der Waals surface area contributed by atoms with Gasteiger partial charge in [0.25, 0.3) is 5.69 Å². The molecule has 0 radical (unpaired) electrons. The van der Waals surface area contributed by atoms with Crippen LogP contribution in [0.25, 0.3) is 0 Å². The lowest BCUT2D eigenvalue weighted by Gasteiger charge is -2.16. The van der Waals surface area contributed by atoms with Crippen LogP contribution in [0.5, 0.6) is 0 Å². The third-order valence-corrected chi connectivity index (χ3v) is 5.71. The number of aryl methyl sites for hydroxylation is 1. The lowest BCUT2D eigenvalue weighted by Crippen LogP contribution is -2.15. The van der Waals surface area contributed by atoms with Crippen molar-refractivity contribution in [3.8, 4) is 0 Å². The highest BCUT2D eigenvalue weighted by Crippen LogP contribution is 2.39. The van der Waals surface area contributed by atoms with E-state index in [4.69, 9.17) is 4.74 Å². The van der Waals surface area contributed by atoms with Crippen molar-refractivity contribution in [2.24, 2.45) is 0 Å². The molecular formula is C19H20N2O5S. The Morgan fingerprint density at radius 1 is 1.30 bits per heavy atom. The molecule has 1 atom stereocenters. The number of ether oxygens (including phenoxy) is 1. The summed E-state index contributed by atoms with van der Waals surface area (Å²) in [5.41, 5.74) is 1.86. The minimum absolute atomic E-state index is 0.0535. The molecule has 0 fully saturated rings. The average molecular weight is 388 g/mol. The van der Waals surface area contributed by atoms with Gasteiger partial charge in [-0.15, -0.1) is 11.3 Å². The molecule has 1 aliphatic carbocycles. The van der Waals surface area contributed by atoms with Crippen molar-refractivity contribution < 1.29 is 19.2 Å². The van der Waals surface area contributed by atoms with Gasteiger partial charge in [-0.25, -0.2) is 4.79 Å². The Balaban J connectivity index is 1.87. The van der Waals surface area contributed by atoms with Crippen molar-refractivity contribution in [1.82, 2.24) is 0 Å². The predicted octanol–water partition coefficient (Wildman–Crippen LogP) is 4.41. The van der Waals surface area contributed by atoms with Crippen LogP contribution >= 0.6 is 11.3 Å². The topological polar surface area (TPSA) is 98.5 Å². The molecule has 7 nitrogen and oxygen atoms in total. The van der Waals surface area contributed by atoms with E-state index in [1.54, 1.807) is 19.1 Å². The molecule has 3 rings (SSSR count). The summed E-state index contributed by atoms with van der Waals surface area (Å²) in [4.78, 5) is 36.0. The number of hydrogen-bond acceptors (Lipinski definition) is 6. The Bertz CT molecular complexity index is 906. The SMILES string of the molecule is CC(=O)Nc1sc2c(c1C(=O)OC(C)c1cccc([N+](=O)[O-])c1)CCCC2. The van der Waals surface area contributed by atoms with Gasteiger partial charge in [-0.3, -0.25) is 14.9 Å². The Morgan fingerprint density at radius 2 is 2.04 bits per heavy atom. The van der Waals surface area contributed by atoms with Crippen molar-refractivity contribution in [3.05, 3.63) is 55.9 Å². The van der Waals surface area contributed by atoms with E-state index in [9.17, 15) is 19.7 Å². The summed E-state index contributed by atoms with van der Waals surface area (Å²) >= 11 is 1.43. The number of amides is 1. The first-order valence-corrected chi connectivity index (χ1v) is 9.56. The number of carbonyl (C=O) groups excluding carboxylic acids is 2. The van der Waals surface area contributed by atoms with E-state index in [1.807, 2.05) is 0 Å². The molecule has 8 heteroatoms. The number of hydrogen-bond donors (Lipinski definition) is 1. The van der Waals surface area contributed by atoms with Gasteiger partial charge in [0, 0.05) is 23.9 Å². The van der Waals surface area contributed by atoms with Gasteiger partial charge in [0.1, 0.15) is 11.1 Å². The van der Waals surface area contributed by atoms with Crippen molar-refractivity contribution in [2.75, 3.05) is 5.32 Å². The maximum Gasteiger partial charge on any atom is 0.342 e. The molecule has 1 unspecified atom stereocenters. The summed E-state index contributed by atoms with van der Waals surface area (Å²) < 4.78 is 5.60. The minimum atomic E-state index is -0.651. The van der Waals surface area contributed by atoms with Gasteiger partial charge in [0.05, 0.1) is 10.5 Å². The van der Waals surface area contributed by atoms with E-state index < -0.39 is 17.0 Å². The first kappa shape index (κ1) is 19.0. The van der Waals surface area contributed by atoms with Gasteiger partial charge in [-0.1, -0.05) is 12.1 Å². The van der Waals surface area contributed by atoms with Crippen LogP contribution in [0.15, 0.2) is 24.3 Å². The second kappa shape index (κ2) is 7.87. The maximum atomic E-state index is 12.9. The number of esters is 1. The van der Waals surface area contributed by atoms with Gasteiger partial charge in [-0.2, -0.15) is 0 Å². The second-order valence-corrected chi connectivity index (χ2v) is 7.60. The normalized spacial score (nSPS) is 14.1. The number of nitro groups is 1. The zero-order valence-electron chi connectivity index (χ0n) is 15.1. The van der Waals surface area contributed by atoms with Gasteiger partial charge in [-0.05, 0) is 43.7 Å². The first-order valence-electron chi connectivity index (χ1n) is 8.74. The summed E-state index contributed by atoms with van der Waals surface area (Å²) in [7, 11) is 0. The molecule has 1 heterocycles. The minimum Gasteiger partial charge on any atom is -0.454 e. The predicted molar refractivity (Wildman–Crippen MR) is 102 cm³/mol. The third kappa shape index (κ3) is 4.16. The van der Waals surface area contributed by atoms with Crippen LogP contribution in [0, 0.1) is 10.1 Å². The molecular weight excluding hydrogens is 368 g/mol. The average Bonchev–Trinajstić information content (AvgIpc) is 2.98. The lowest BCUT2D eigenvalue weighted by molar-refractivity contribution is -0.385. The molecule has 0 saturated heterocycles. The highest BCUT2D eigenvalue weighted by Gasteiger charge is 2.28. The number of thiophene rings is 1. The first-order chi connectivity index (χ1) is 12.9. The van der Waals surface area contributed by atoms with E-state index in [1.165, 1.54) is 30.4 Å². The second-order valence-electron chi connectivity index (χ2n) is 6.50. The van der Waals surface area contributed by atoms with Crippen LogP contribution in [0.4, 0.5) is 10.7 Å². The Morgan fingerprint density at radius 3 is 2.74 bits per heavy atom. The quantitative estimate of drug-likeness (QED) is 0.465. The largest absolute Gasteiger partial charge is 0.454 e. The smallest absolute Gasteiger partial charge is 0.342 e. The summed E-state index contributed by atoms with van der Waals surface area (Å²) in [6.07, 6.45) is 3.07. The molecule has 1 amide bonds. The van der Waals surface area contributed by atoms with Crippen molar-refractivity contribution in [3.63, 3.8) is 0 Å². The number of rotatable bonds is 5. The van der Waals surface area contributed by atoms with Crippen molar-refractivity contribution in [1.29, 1.82) is 0 Å². The molecule has 27 heavy (non-hydrogen) atoms. The van der Waals surface area contributed by atoms with Crippen LogP contribution in [-0.2, 0) is 22.4 Å². The molecule has 1 aromatic heterocycles. The molecule has 0 aliphatic heterocycles. The van der Waals surface area contributed by atoms with E-state index in [0.29, 0.717) is 16.1 Å². The highest BCUT2D eigenvalue weighted by molar-refractivity contribution is 7.17. The molecule has 0 spiro atoms.